The van der Waals surface area contributed by atoms with Gasteiger partial charge in [0, 0.05) is 26.7 Å². The number of hydrogen-bond donors (Lipinski definition) is 2. The molecule has 4 heteroatoms. The molecule has 0 aromatic rings. The molecule has 2 aliphatic heterocycles. The van der Waals surface area contributed by atoms with Crippen LogP contribution in [0.4, 0.5) is 0 Å². The van der Waals surface area contributed by atoms with Crippen molar-refractivity contribution in [1.29, 1.82) is 0 Å². The van der Waals surface area contributed by atoms with E-state index in [1.807, 2.05) is 4.90 Å². The van der Waals surface area contributed by atoms with E-state index < -0.39 is 0 Å². The summed E-state index contributed by atoms with van der Waals surface area (Å²) in [6.07, 6.45) is 4.64. The average Bonchev–Trinajstić information content (AvgIpc) is 2.85. The van der Waals surface area contributed by atoms with Gasteiger partial charge in [-0.3, -0.25) is 4.79 Å². The monoisotopic (exact) mass is 214 g/mol. The number of nitrogens with one attached hydrogen (secondary N) is 1. The van der Waals surface area contributed by atoms with Crippen LogP contribution < -0.4 is 5.32 Å². The van der Waals surface area contributed by atoms with Crippen LogP contribution in [0.25, 0.3) is 0 Å². The lowest BCUT2D eigenvalue weighted by Gasteiger charge is -2.26. The largest absolute Gasteiger partial charge is 0.400 e. The zero-order valence-corrected chi connectivity index (χ0v) is 9.54. The number of hydrogen-bond acceptors (Lipinski definition) is 3. The van der Waals surface area contributed by atoms with Crippen LogP contribution in [0.15, 0.2) is 0 Å². The molecule has 0 aliphatic carbocycles. The molecule has 0 aromatic carbocycles. The van der Waals surface area contributed by atoms with Crippen molar-refractivity contribution in [2.75, 3.05) is 33.3 Å². The fourth-order valence-corrected chi connectivity index (χ4v) is 2.26. The molecule has 0 spiro atoms. The number of aliphatic hydroxyl groups is 1. The minimum Gasteiger partial charge on any atom is -0.400 e. The van der Waals surface area contributed by atoms with Crippen LogP contribution in [-0.2, 0) is 4.79 Å². The highest BCUT2D eigenvalue weighted by Gasteiger charge is 2.27. The molecule has 0 radical (unpaired) electrons. The first-order chi connectivity index (χ1) is 7.38. The van der Waals surface area contributed by atoms with Gasteiger partial charge in [-0.15, -0.1) is 0 Å². The van der Waals surface area contributed by atoms with E-state index in [1.54, 1.807) is 0 Å². The molecular weight excluding hydrogens is 192 g/mol. The quantitative estimate of drug-likeness (QED) is 0.656. The number of amides is 1. The van der Waals surface area contributed by atoms with Gasteiger partial charge in [-0.2, -0.15) is 0 Å². The van der Waals surface area contributed by atoms with E-state index >= 15 is 0 Å². The predicted molar refractivity (Wildman–Crippen MR) is 59.6 cm³/mol. The number of aliphatic hydroxyl groups excluding tert-OH is 1. The van der Waals surface area contributed by atoms with E-state index in [2.05, 4.69) is 5.32 Å². The summed E-state index contributed by atoms with van der Waals surface area (Å²) in [6, 6.07) is 0. The molecule has 15 heavy (non-hydrogen) atoms. The molecule has 1 atom stereocenters. The summed E-state index contributed by atoms with van der Waals surface area (Å²) < 4.78 is 0. The van der Waals surface area contributed by atoms with E-state index in [1.165, 1.54) is 12.8 Å². The zero-order valence-electron chi connectivity index (χ0n) is 9.54. The van der Waals surface area contributed by atoms with Gasteiger partial charge in [0.15, 0.2) is 0 Å². The molecule has 1 amide bonds. The first kappa shape index (κ1) is 12.5. The van der Waals surface area contributed by atoms with Gasteiger partial charge in [0.1, 0.15) is 0 Å². The first-order valence-electron chi connectivity index (χ1n) is 5.82. The van der Waals surface area contributed by atoms with Gasteiger partial charge in [0.2, 0.25) is 5.91 Å². The summed E-state index contributed by atoms with van der Waals surface area (Å²) in [7, 11) is 1.00. The van der Waals surface area contributed by atoms with Crippen LogP contribution in [0, 0.1) is 5.92 Å². The smallest absolute Gasteiger partial charge is 0.226 e. The van der Waals surface area contributed by atoms with Crippen LogP contribution in [0.5, 0.6) is 0 Å². The van der Waals surface area contributed by atoms with Gasteiger partial charge in [0.05, 0.1) is 5.92 Å². The number of likely N-dealkylation sites (tertiary alicyclic amines) is 1. The van der Waals surface area contributed by atoms with Gasteiger partial charge >= 0.3 is 0 Å². The van der Waals surface area contributed by atoms with Gasteiger partial charge in [-0.1, -0.05) is 0 Å². The SMILES string of the molecule is CO.O=C(C1CCCNC1)N1CCCC1. The first-order valence-corrected chi connectivity index (χ1v) is 5.82. The van der Waals surface area contributed by atoms with Crippen molar-refractivity contribution >= 4 is 5.91 Å². The lowest BCUT2D eigenvalue weighted by molar-refractivity contribution is -0.134. The number of rotatable bonds is 1. The molecule has 0 saturated carbocycles. The summed E-state index contributed by atoms with van der Waals surface area (Å²) in [5.74, 6) is 0.663. The second kappa shape index (κ2) is 6.80. The minimum atomic E-state index is 0.270. The van der Waals surface area contributed by atoms with Gasteiger partial charge in [-0.05, 0) is 32.2 Å². The third kappa shape index (κ3) is 3.47. The Morgan fingerprint density at radius 3 is 2.47 bits per heavy atom. The predicted octanol–water partition coefficient (Wildman–Crippen LogP) is 0.217. The van der Waals surface area contributed by atoms with E-state index in [4.69, 9.17) is 5.11 Å². The van der Waals surface area contributed by atoms with Crippen molar-refractivity contribution in [2.24, 2.45) is 5.92 Å². The highest BCUT2D eigenvalue weighted by Crippen LogP contribution is 2.17. The molecule has 2 N–H and O–H groups in total. The Morgan fingerprint density at radius 1 is 1.27 bits per heavy atom. The average molecular weight is 214 g/mol. The van der Waals surface area contributed by atoms with Crippen molar-refractivity contribution < 1.29 is 9.90 Å². The Balaban J connectivity index is 0.000000531. The van der Waals surface area contributed by atoms with E-state index in [0.717, 1.165) is 46.1 Å². The van der Waals surface area contributed by atoms with Gasteiger partial charge in [-0.25, -0.2) is 0 Å². The molecule has 0 bridgehead atoms. The lowest BCUT2D eigenvalue weighted by Crippen LogP contribution is -2.41. The third-order valence-electron chi connectivity index (χ3n) is 3.06. The Bertz CT molecular complexity index is 185. The minimum absolute atomic E-state index is 0.270. The van der Waals surface area contributed by atoms with E-state index in [0.29, 0.717) is 5.91 Å². The molecule has 2 heterocycles. The van der Waals surface area contributed by atoms with Crippen LogP contribution >= 0.6 is 0 Å². The maximum atomic E-state index is 11.9. The topological polar surface area (TPSA) is 52.6 Å². The maximum Gasteiger partial charge on any atom is 0.226 e. The van der Waals surface area contributed by atoms with Crippen LogP contribution in [0.2, 0.25) is 0 Å². The molecule has 1 unspecified atom stereocenters. The Kier molecular flexibility index (Phi) is 5.65. The summed E-state index contributed by atoms with van der Waals surface area (Å²) in [5, 5.41) is 10.3. The zero-order chi connectivity index (χ0) is 11.1. The highest BCUT2D eigenvalue weighted by molar-refractivity contribution is 5.79. The highest BCUT2D eigenvalue weighted by atomic mass is 16.2. The van der Waals surface area contributed by atoms with Crippen molar-refractivity contribution in [1.82, 2.24) is 10.2 Å². The number of carbonyl (C=O) groups is 1. The van der Waals surface area contributed by atoms with E-state index in [9.17, 15) is 4.79 Å². The summed E-state index contributed by atoms with van der Waals surface area (Å²) in [5.41, 5.74) is 0. The second-order valence-electron chi connectivity index (χ2n) is 4.08. The van der Waals surface area contributed by atoms with Crippen molar-refractivity contribution in [3.8, 4) is 0 Å². The second-order valence-corrected chi connectivity index (χ2v) is 4.08. The Hall–Kier alpha value is -0.610. The molecule has 2 rings (SSSR count). The van der Waals surface area contributed by atoms with Crippen molar-refractivity contribution in [3.05, 3.63) is 0 Å². The molecular formula is C11H22N2O2. The fraction of sp³-hybridized carbons (Fsp3) is 0.909. The number of carbonyl (C=O) groups excluding carboxylic acids is 1. The Labute approximate surface area is 91.6 Å². The van der Waals surface area contributed by atoms with Crippen LogP contribution in [0.1, 0.15) is 25.7 Å². The lowest BCUT2D eigenvalue weighted by atomic mass is 9.98. The van der Waals surface area contributed by atoms with Crippen LogP contribution in [0.3, 0.4) is 0 Å². The summed E-state index contributed by atoms with van der Waals surface area (Å²) in [6.45, 7) is 3.98. The van der Waals surface area contributed by atoms with Gasteiger partial charge < -0.3 is 15.3 Å². The third-order valence-corrected chi connectivity index (χ3v) is 3.06. The standard InChI is InChI=1S/C10H18N2O.CH4O/c13-10(12-6-1-2-7-12)9-4-3-5-11-8-9;1-2/h9,11H,1-8H2;2H,1H3. The molecule has 88 valence electrons. The molecule has 2 saturated heterocycles. The van der Waals surface area contributed by atoms with Gasteiger partial charge in [0.25, 0.3) is 0 Å². The Morgan fingerprint density at radius 2 is 1.93 bits per heavy atom. The van der Waals surface area contributed by atoms with Crippen LogP contribution in [-0.4, -0.2) is 49.2 Å². The fourth-order valence-electron chi connectivity index (χ4n) is 2.26. The maximum absolute atomic E-state index is 11.9. The molecule has 4 nitrogen and oxygen atoms in total. The van der Waals surface area contributed by atoms with Crippen molar-refractivity contribution in [3.63, 3.8) is 0 Å². The number of nitrogens with zero attached hydrogens (tertiary/aromatic N) is 1. The summed E-state index contributed by atoms with van der Waals surface area (Å²) in [4.78, 5) is 13.9. The van der Waals surface area contributed by atoms with Crippen molar-refractivity contribution in [2.45, 2.75) is 25.7 Å². The van der Waals surface area contributed by atoms with E-state index in [-0.39, 0.29) is 5.92 Å². The number of piperidine rings is 1. The molecule has 2 fully saturated rings. The molecule has 0 aromatic heterocycles. The normalized spacial score (nSPS) is 25.7. The molecule has 2 aliphatic rings. The summed E-state index contributed by atoms with van der Waals surface area (Å²) >= 11 is 0.